The van der Waals surface area contributed by atoms with Crippen molar-refractivity contribution in [2.75, 3.05) is 0 Å². The van der Waals surface area contributed by atoms with Crippen molar-refractivity contribution in [2.45, 2.75) is 63.5 Å². The first kappa shape index (κ1) is 16.3. The van der Waals surface area contributed by atoms with Gasteiger partial charge in [-0.05, 0) is 26.2 Å². The Labute approximate surface area is 117 Å². The number of hydrogen-bond donors (Lipinski definition) is 4. The Morgan fingerprint density at radius 2 is 1.75 bits per heavy atom. The summed E-state index contributed by atoms with van der Waals surface area (Å²) < 4.78 is 0. The second kappa shape index (κ2) is 7.12. The summed E-state index contributed by atoms with van der Waals surface area (Å²) >= 11 is 0. The molecule has 4 N–H and O–H groups in total. The summed E-state index contributed by atoms with van der Waals surface area (Å²) in [4.78, 5) is 33.3. The van der Waals surface area contributed by atoms with Crippen molar-refractivity contribution in [3.63, 3.8) is 0 Å². The second-order valence-corrected chi connectivity index (χ2v) is 5.54. The molecule has 114 valence electrons. The minimum absolute atomic E-state index is 0.130. The van der Waals surface area contributed by atoms with Crippen molar-refractivity contribution in [3.05, 3.63) is 0 Å². The normalized spacial score (nSPS) is 18.9. The fraction of sp³-hybridized carbons (Fsp3) is 0.769. The van der Waals surface area contributed by atoms with Crippen LogP contribution in [0.15, 0.2) is 0 Å². The van der Waals surface area contributed by atoms with Gasteiger partial charge in [0.1, 0.15) is 6.04 Å². The topological polar surface area (TPSA) is 116 Å². The Bertz CT molecular complexity index is 377. The molecule has 1 saturated carbocycles. The first-order chi connectivity index (χ1) is 9.32. The minimum Gasteiger partial charge on any atom is -0.481 e. The molecular formula is C13H22N2O5. The van der Waals surface area contributed by atoms with Crippen LogP contribution in [0.4, 0.5) is 4.79 Å². The van der Waals surface area contributed by atoms with E-state index in [9.17, 15) is 14.4 Å². The number of amides is 2. The van der Waals surface area contributed by atoms with Crippen LogP contribution in [-0.4, -0.2) is 39.8 Å². The highest BCUT2D eigenvalue weighted by Gasteiger charge is 2.30. The maximum absolute atomic E-state index is 11.8. The van der Waals surface area contributed by atoms with Crippen LogP contribution in [0.3, 0.4) is 0 Å². The van der Waals surface area contributed by atoms with E-state index in [1.54, 1.807) is 0 Å². The summed E-state index contributed by atoms with van der Waals surface area (Å²) in [7, 11) is 0. The lowest BCUT2D eigenvalue weighted by Crippen LogP contribution is -2.54. The number of urea groups is 1. The van der Waals surface area contributed by atoms with Crippen LogP contribution < -0.4 is 10.6 Å². The van der Waals surface area contributed by atoms with Gasteiger partial charge in [0.15, 0.2) is 0 Å². The molecule has 1 atom stereocenters. The van der Waals surface area contributed by atoms with Crippen molar-refractivity contribution in [1.82, 2.24) is 10.6 Å². The third-order valence-corrected chi connectivity index (χ3v) is 3.62. The van der Waals surface area contributed by atoms with E-state index in [0.29, 0.717) is 0 Å². The lowest BCUT2D eigenvalue weighted by Gasteiger charge is -2.34. The molecule has 0 aromatic heterocycles. The van der Waals surface area contributed by atoms with Gasteiger partial charge in [0, 0.05) is 12.0 Å². The van der Waals surface area contributed by atoms with Crippen molar-refractivity contribution in [1.29, 1.82) is 0 Å². The van der Waals surface area contributed by atoms with E-state index in [2.05, 4.69) is 10.6 Å². The third kappa shape index (κ3) is 5.46. The Morgan fingerprint density at radius 1 is 1.15 bits per heavy atom. The minimum atomic E-state index is -1.23. The molecule has 0 aromatic carbocycles. The highest BCUT2D eigenvalue weighted by Crippen LogP contribution is 2.27. The second-order valence-electron chi connectivity index (χ2n) is 5.54. The molecule has 0 radical (unpaired) electrons. The van der Waals surface area contributed by atoms with Gasteiger partial charge in [-0.15, -0.1) is 0 Å². The maximum Gasteiger partial charge on any atom is 0.326 e. The van der Waals surface area contributed by atoms with E-state index in [4.69, 9.17) is 10.2 Å². The molecule has 20 heavy (non-hydrogen) atoms. The summed E-state index contributed by atoms with van der Waals surface area (Å²) in [5.41, 5.74) is -0.307. The molecule has 0 aromatic rings. The molecule has 0 spiro atoms. The van der Waals surface area contributed by atoms with Crippen LogP contribution >= 0.6 is 0 Å². The summed E-state index contributed by atoms with van der Waals surface area (Å²) in [6.07, 6.45) is 4.54. The van der Waals surface area contributed by atoms with Gasteiger partial charge in [-0.25, -0.2) is 9.59 Å². The van der Waals surface area contributed by atoms with Crippen molar-refractivity contribution >= 4 is 18.0 Å². The lowest BCUT2D eigenvalue weighted by atomic mass is 9.83. The largest absolute Gasteiger partial charge is 0.481 e. The van der Waals surface area contributed by atoms with Crippen LogP contribution in [0, 0.1) is 0 Å². The fourth-order valence-electron chi connectivity index (χ4n) is 2.45. The Balaban J connectivity index is 2.48. The van der Waals surface area contributed by atoms with Gasteiger partial charge in [0.2, 0.25) is 0 Å². The van der Waals surface area contributed by atoms with E-state index in [-0.39, 0.29) is 18.4 Å². The van der Waals surface area contributed by atoms with Gasteiger partial charge < -0.3 is 20.8 Å². The van der Waals surface area contributed by atoms with E-state index in [0.717, 1.165) is 32.1 Å². The monoisotopic (exact) mass is 286 g/mol. The van der Waals surface area contributed by atoms with Crippen LogP contribution in [-0.2, 0) is 9.59 Å². The van der Waals surface area contributed by atoms with Gasteiger partial charge >= 0.3 is 18.0 Å². The van der Waals surface area contributed by atoms with Crippen molar-refractivity contribution in [3.8, 4) is 0 Å². The molecule has 0 aliphatic heterocycles. The van der Waals surface area contributed by atoms with E-state index in [1.165, 1.54) is 0 Å². The number of carboxylic acid groups (broad SMARTS) is 2. The van der Waals surface area contributed by atoms with Gasteiger partial charge in [0.05, 0.1) is 0 Å². The maximum atomic E-state index is 11.8. The van der Waals surface area contributed by atoms with E-state index < -0.39 is 24.0 Å². The summed E-state index contributed by atoms with van der Waals surface area (Å²) in [5.74, 6) is -2.31. The lowest BCUT2D eigenvalue weighted by molar-refractivity contribution is -0.140. The van der Waals surface area contributed by atoms with Crippen molar-refractivity contribution < 1.29 is 24.6 Å². The number of nitrogens with one attached hydrogen (secondary N) is 2. The Kier molecular flexibility index (Phi) is 5.79. The van der Waals surface area contributed by atoms with Crippen LogP contribution in [0.1, 0.15) is 51.9 Å². The number of carbonyl (C=O) groups excluding carboxylic acids is 1. The zero-order valence-electron chi connectivity index (χ0n) is 11.6. The van der Waals surface area contributed by atoms with E-state index >= 15 is 0 Å². The standard InChI is InChI=1S/C13H22N2O5/c1-13(7-3-2-4-8-13)15-12(20)14-9(11(18)19)5-6-10(16)17/h9H,2-8H2,1H3,(H,16,17)(H,18,19)(H2,14,15,20). The Hall–Kier alpha value is -1.79. The number of carbonyl (C=O) groups is 3. The molecule has 1 aliphatic rings. The quantitative estimate of drug-likeness (QED) is 0.588. The average Bonchev–Trinajstić information content (AvgIpc) is 2.34. The molecule has 1 rings (SSSR count). The molecule has 0 saturated heterocycles. The third-order valence-electron chi connectivity index (χ3n) is 3.62. The SMILES string of the molecule is CC1(NC(=O)NC(CCC(=O)O)C(=O)O)CCCCC1. The molecule has 1 fully saturated rings. The van der Waals surface area contributed by atoms with Gasteiger partial charge in [0.25, 0.3) is 0 Å². The molecular weight excluding hydrogens is 264 g/mol. The van der Waals surface area contributed by atoms with Crippen LogP contribution in [0.5, 0.6) is 0 Å². The average molecular weight is 286 g/mol. The highest BCUT2D eigenvalue weighted by molar-refractivity contribution is 5.83. The first-order valence-corrected chi connectivity index (χ1v) is 6.86. The van der Waals surface area contributed by atoms with Crippen molar-refractivity contribution in [2.24, 2.45) is 0 Å². The number of hydrogen-bond acceptors (Lipinski definition) is 3. The zero-order valence-corrected chi connectivity index (χ0v) is 11.6. The fourth-order valence-corrected chi connectivity index (χ4v) is 2.45. The number of rotatable bonds is 6. The number of aliphatic carboxylic acids is 2. The zero-order chi connectivity index (χ0) is 15.2. The first-order valence-electron chi connectivity index (χ1n) is 6.86. The molecule has 1 aliphatic carbocycles. The summed E-state index contributed by atoms with van der Waals surface area (Å²) in [6.45, 7) is 1.94. The van der Waals surface area contributed by atoms with E-state index in [1.807, 2.05) is 6.92 Å². The summed E-state index contributed by atoms with van der Waals surface area (Å²) in [5, 5.41) is 22.7. The van der Waals surface area contributed by atoms with Crippen LogP contribution in [0.25, 0.3) is 0 Å². The molecule has 0 bridgehead atoms. The van der Waals surface area contributed by atoms with Gasteiger partial charge in [-0.1, -0.05) is 19.3 Å². The Morgan fingerprint density at radius 3 is 2.25 bits per heavy atom. The molecule has 2 amide bonds. The molecule has 7 heteroatoms. The predicted octanol–water partition coefficient (Wildman–Crippen LogP) is 1.33. The van der Waals surface area contributed by atoms with Gasteiger partial charge in [-0.2, -0.15) is 0 Å². The highest BCUT2D eigenvalue weighted by atomic mass is 16.4. The molecule has 7 nitrogen and oxygen atoms in total. The summed E-state index contributed by atoms with van der Waals surface area (Å²) in [6, 6.07) is -1.73. The predicted molar refractivity (Wildman–Crippen MR) is 71.5 cm³/mol. The van der Waals surface area contributed by atoms with Crippen LogP contribution in [0.2, 0.25) is 0 Å². The molecule has 0 heterocycles. The number of carboxylic acids is 2. The van der Waals surface area contributed by atoms with Gasteiger partial charge in [-0.3, -0.25) is 4.79 Å². The smallest absolute Gasteiger partial charge is 0.326 e. The molecule has 1 unspecified atom stereocenters.